The summed E-state index contributed by atoms with van der Waals surface area (Å²) < 4.78 is 10.7. The Morgan fingerprint density at radius 3 is 2.05 bits per heavy atom. The Kier molecular flexibility index (Phi) is 5.83. The third-order valence-electron chi connectivity index (χ3n) is 3.80. The molecule has 1 aromatic carbocycles. The van der Waals surface area contributed by atoms with Crippen LogP contribution in [0.4, 0.5) is 0 Å². The average molecular weight is 263 g/mol. The lowest BCUT2D eigenvalue weighted by atomic mass is 10.00. The quantitative estimate of drug-likeness (QED) is 0.787. The van der Waals surface area contributed by atoms with Gasteiger partial charge in [-0.3, -0.25) is 4.90 Å². The molecule has 19 heavy (non-hydrogen) atoms. The molecule has 0 aromatic heterocycles. The van der Waals surface area contributed by atoms with Crippen molar-refractivity contribution in [1.82, 2.24) is 4.90 Å². The third kappa shape index (κ3) is 4.03. The predicted molar refractivity (Wildman–Crippen MR) is 77.0 cm³/mol. The molecular weight excluding hydrogens is 238 g/mol. The van der Waals surface area contributed by atoms with Crippen LogP contribution in [0, 0.1) is 0 Å². The van der Waals surface area contributed by atoms with Crippen LogP contribution in [0.5, 0.6) is 0 Å². The molecule has 0 unspecified atom stereocenters. The second-order valence-corrected chi connectivity index (χ2v) is 5.26. The van der Waals surface area contributed by atoms with Gasteiger partial charge in [-0.15, -0.1) is 0 Å². The van der Waals surface area contributed by atoms with Crippen LogP contribution >= 0.6 is 0 Å². The van der Waals surface area contributed by atoms with E-state index in [1.165, 1.54) is 49.0 Å². The second-order valence-electron chi connectivity index (χ2n) is 5.26. The molecule has 1 aliphatic rings. The van der Waals surface area contributed by atoms with Gasteiger partial charge in [0.15, 0.2) is 0 Å². The van der Waals surface area contributed by atoms with E-state index in [4.69, 9.17) is 9.47 Å². The van der Waals surface area contributed by atoms with E-state index in [1.807, 2.05) is 0 Å². The molecule has 0 saturated carbocycles. The van der Waals surface area contributed by atoms with E-state index in [9.17, 15) is 0 Å². The highest BCUT2D eigenvalue weighted by molar-refractivity contribution is 5.34. The molecule has 3 nitrogen and oxygen atoms in total. The van der Waals surface area contributed by atoms with Gasteiger partial charge < -0.3 is 9.47 Å². The maximum atomic E-state index is 5.33. The summed E-state index contributed by atoms with van der Waals surface area (Å²) in [4.78, 5) is 2.55. The Labute approximate surface area is 116 Å². The minimum atomic E-state index is 0.681. The van der Waals surface area contributed by atoms with E-state index in [0.717, 1.165) is 6.54 Å². The SMILES string of the molecule is COCc1cccc(COC)c1CN1CCCCC1. The second kappa shape index (κ2) is 7.63. The van der Waals surface area contributed by atoms with E-state index in [1.54, 1.807) is 14.2 Å². The van der Waals surface area contributed by atoms with Crippen molar-refractivity contribution in [2.45, 2.75) is 39.0 Å². The number of rotatable bonds is 6. The van der Waals surface area contributed by atoms with Crippen LogP contribution in [0.25, 0.3) is 0 Å². The summed E-state index contributed by atoms with van der Waals surface area (Å²) in [6.07, 6.45) is 4.03. The van der Waals surface area contributed by atoms with Crippen molar-refractivity contribution in [3.05, 3.63) is 34.9 Å². The largest absolute Gasteiger partial charge is 0.380 e. The van der Waals surface area contributed by atoms with Crippen molar-refractivity contribution < 1.29 is 9.47 Å². The van der Waals surface area contributed by atoms with E-state index in [0.29, 0.717) is 13.2 Å². The molecule has 1 aliphatic heterocycles. The number of piperidine rings is 1. The predicted octanol–water partition coefficient (Wildman–Crippen LogP) is 2.97. The van der Waals surface area contributed by atoms with E-state index in [2.05, 4.69) is 23.1 Å². The zero-order valence-electron chi connectivity index (χ0n) is 12.2. The lowest BCUT2D eigenvalue weighted by Gasteiger charge is -2.28. The number of nitrogens with zero attached hydrogens (tertiary/aromatic N) is 1. The molecule has 0 bridgehead atoms. The number of hydrogen-bond acceptors (Lipinski definition) is 3. The molecule has 1 fully saturated rings. The fraction of sp³-hybridized carbons (Fsp3) is 0.625. The van der Waals surface area contributed by atoms with Gasteiger partial charge in [-0.05, 0) is 42.6 Å². The average Bonchev–Trinajstić information content (AvgIpc) is 2.44. The number of hydrogen-bond donors (Lipinski definition) is 0. The monoisotopic (exact) mass is 263 g/mol. The number of likely N-dealkylation sites (tertiary alicyclic amines) is 1. The lowest BCUT2D eigenvalue weighted by Crippen LogP contribution is -2.30. The first-order valence-corrected chi connectivity index (χ1v) is 7.15. The molecule has 1 aromatic rings. The molecule has 1 heterocycles. The van der Waals surface area contributed by atoms with Crippen molar-refractivity contribution in [3.8, 4) is 0 Å². The molecule has 0 N–H and O–H groups in total. The Bertz CT molecular complexity index is 362. The maximum absolute atomic E-state index is 5.33. The normalized spacial score (nSPS) is 16.7. The van der Waals surface area contributed by atoms with Crippen molar-refractivity contribution in [1.29, 1.82) is 0 Å². The van der Waals surface area contributed by atoms with E-state index < -0.39 is 0 Å². The first kappa shape index (κ1) is 14.5. The Balaban J connectivity index is 2.17. The first-order chi connectivity index (χ1) is 9.35. The molecule has 0 aliphatic carbocycles. The third-order valence-corrected chi connectivity index (χ3v) is 3.80. The molecule has 0 radical (unpaired) electrons. The fourth-order valence-corrected chi connectivity index (χ4v) is 2.81. The van der Waals surface area contributed by atoms with Crippen molar-refractivity contribution in [2.24, 2.45) is 0 Å². The molecule has 3 heteroatoms. The first-order valence-electron chi connectivity index (χ1n) is 7.15. The fourth-order valence-electron chi connectivity index (χ4n) is 2.81. The minimum Gasteiger partial charge on any atom is -0.380 e. The molecule has 1 saturated heterocycles. The van der Waals surface area contributed by atoms with Crippen LogP contribution in [-0.2, 0) is 29.2 Å². The number of benzene rings is 1. The highest BCUT2D eigenvalue weighted by Crippen LogP contribution is 2.21. The summed E-state index contributed by atoms with van der Waals surface area (Å²) in [7, 11) is 3.52. The molecule has 2 rings (SSSR count). The molecule has 0 spiro atoms. The van der Waals surface area contributed by atoms with Crippen LogP contribution in [0.1, 0.15) is 36.0 Å². The van der Waals surface area contributed by atoms with Crippen LogP contribution in [0.15, 0.2) is 18.2 Å². The summed E-state index contributed by atoms with van der Waals surface area (Å²) >= 11 is 0. The van der Waals surface area contributed by atoms with Crippen LogP contribution in [0.3, 0.4) is 0 Å². The summed E-state index contributed by atoms with van der Waals surface area (Å²) in [6, 6.07) is 6.44. The Hall–Kier alpha value is -0.900. The zero-order valence-corrected chi connectivity index (χ0v) is 12.2. The van der Waals surface area contributed by atoms with Gasteiger partial charge in [0, 0.05) is 20.8 Å². The number of ether oxygens (including phenoxy) is 2. The highest BCUT2D eigenvalue weighted by atomic mass is 16.5. The summed E-state index contributed by atoms with van der Waals surface area (Å²) in [5.41, 5.74) is 3.98. The topological polar surface area (TPSA) is 21.7 Å². The smallest absolute Gasteiger partial charge is 0.0716 e. The molecule has 106 valence electrons. The van der Waals surface area contributed by atoms with Gasteiger partial charge in [0.25, 0.3) is 0 Å². The summed E-state index contributed by atoms with van der Waals surface area (Å²) in [5, 5.41) is 0. The van der Waals surface area contributed by atoms with Gasteiger partial charge in [-0.25, -0.2) is 0 Å². The van der Waals surface area contributed by atoms with Crippen LogP contribution < -0.4 is 0 Å². The Morgan fingerprint density at radius 2 is 1.53 bits per heavy atom. The zero-order chi connectivity index (χ0) is 13.5. The summed E-state index contributed by atoms with van der Waals surface area (Å²) in [6.45, 7) is 4.82. The van der Waals surface area contributed by atoms with Crippen molar-refractivity contribution in [2.75, 3.05) is 27.3 Å². The van der Waals surface area contributed by atoms with Gasteiger partial charge >= 0.3 is 0 Å². The van der Waals surface area contributed by atoms with Gasteiger partial charge in [0.05, 0.1) is 13.2 Å². The van der Waals surface area contributed by atoms with Crippen LogP contribution in [-0.4, -0.2) is 32.2 Å². The number of methoxy groups -OCH3 is 2. The van der Waals surface area contributed by atoms with Gasteiger partial charge in [-0.1, -0.05) is 24.6 Å². The summed E-state index contributed by atoms with van der Waals surface area (Å²) in [5.74, 6) is 0. The van der Waals surface area contributed by atoms with Crippen LogP contribution in [0.2, 0.25) is 0 Å². The van der Waals surface area contributed by atoms with Crippen molar-refractivity contribution in [3.63, 3.8) is 0 Å². The molecular formula is C16H25NO2. The Morgan fingerprint density at radius 1 is 0.947 bits per heavy atom. The standard InChI is InChI=1S/C16H25NO2/c1-18-12-14-7-6-8-15(13-19-2)16(14)11-17-9-4-3-5-10-17/h6-8H,3-5,9-13H2,1-2H3. The minimum absolute atomic E-state index is 0.681. The highest BCUT2D eigenvalue weighted by Gasteiger charge is 2.15. The van der Waals surface area contributed by atoms with Gasteiger partial charge in [0.1, 0.15) is 0 Å². The van der Waals surface area contributed by atoms with Gasteiger partial charge in [0.2, 0.25) is 0 Å². The lowest BCUT2D eigenvalue weighted by molar-refractivity contribution is 0.172. The van der Waals surface area contributed by atoms with Gasteiger partial charge in [-0.2, -0.15) is 0 Å². The van der Waals surface area contributed by atoms with E-state index in [-0.39, 0.29) is 0 Å². The van der Waals surface area contributed by atoms with E-state index >= 15 is 0 Å². The molecule has 0 amide bonds. The van der Waals surface area contributed by atoms with Crippen molar-refractivity contribution >= 4 is 0 Å². The molecule has 0 atom stereocenters. The maximum Gasteiger partial charge on any atom is 0.0716 e.